The van der Waals surface area contributed by atoms with Crippen LogP contribution in [0.15, 0.2) is 140 Å². The second kappa shape index (κ2) is 14.3. The van der Waals surface area contributed by atoms with Gasteiger partial charge < -0.3 is 4.74 Å². The lowest BCUT2D eigenvalue weighted by atomic mass is 10.2. The average molecular weight is 548 g/mol. The highest BCUT2D eigenvalue weighted by Gasteiger charge is 2.18. The van der Waals surface area contributed by atoms with Crippen LogP contribution >= 0.6 is 0 Å². The standard InChI is InChI=1S/C18H15Si.C14H12N2O5/c1-4-10-16(11-5-1)19(17-12-6-2-7-13-17)18-14-8-3-9-15-18;17-15(18)13-7-3-1-5-11(13)9-21-10-12-6-2-4-8-14(12)16(19)20/h1-15H;1-8H,9-10H2. The first-order valence-corrected chi connectivity index (χ1v) is 14.1. The van der Waals surface area contributed by atoms with E-state index in [4.69, 9.17) is 4.74 Å². The third-order valence-electron chi connectivity index (χ3n) is 6.08. The SMILES string of the molecule is O=[N+]([O-])c1ccccc1COCc1ccccc1[N+](=O)[O-].c1ccc([Si](c2ccccc2)c2ccccc2)cc1. The molecule has 0 saturated heterocycles. The Kier molecular flexibility index (Phi) is 10.0. The molecule has 0 unspecified atom stereocenters. The van der Waals surface area contributed by atoms with Gasteiger partial charge in [-0.25, -0.2) is 0 Å². The Morgan fingerprint density at radius 1 is 0.475 bits per heavy atom. The lowest BCUT2D eigenvalue weighted by Crippen LogP contribution is -2.51. The van der Waals surface area contributed by atoms with Gasteiger partial charge >= 0.3 is 0 Å². The zero-order valence-corrected chi connectivity index (χ0v) is 22.6. The molecule has 8 heteroatoms. The van der Waals surface area contributed by atoms with Crippen LogP contribution in [0.2, 0.25) is 0 Å². The molecule has 0 aromatic heterocycles. The molecule has 0 aliphatic rings. The van der Waals surface area contributed by atoms with E-state index >= 15 is 0 Å². The molecule has 0 N–H and O–H groups in total. The van der Waals surface area contributed by atoms with E-state index in [1.165, 1.54) is 27.7 Å². The summed E-state index contributed by atoms with van der Waals surface area (Å²) in [4.78, 5) is 20.8. The van der Waals surface area contributed by atoms with Gasteiger partial charge in [-0.1, -0.05) is 131 Å². The summed E-state index contributed by atoms with van der Waals surface area (Å²) >= 11 is 0. The van der Waals surface area contributed by atoms with E-state index in [9.17, 15) is 20.2 Å². The second-order valence-electron chi connectivity index (χ2n) is 8.74. The third kappa shape index (κ3) is 7.56. The number of nitro benzene ring substituents is 2. The molecule has 0 saturated carbocycles. The van der Waals surface area contributed by atoms with Crippen LogP contribution in [-0.4, -0.2) is 18.6 Å². The fourth-order valence-electron chi connectivity index (χ4n) is 4.21. The van der Waals surface area contributed by atoms with E-state index in [0.29, 0.717) is 11.1 Å². The van der Waals surface area contributed by atoms with Gasteiger partial charge in [0, 0.05) is 12.1 Å². The number of hydrogen-bond donors (Lipinski definition) is 0. The quantitative estimate of drug-likeness (QED) is 0.106. The van der Waals surface area contributed by atoms with Crippen molar-refractivity contribution in [3.8, 4) is 0 Å². The maximum Gasteiger partial charge on any atom is 0.274 e. The predicted octanol–water partition coefficient (Wildman–Crippen LogP) is 5.42. The number of ether oxygens (including phenoxy) is 1. The highest BCUT2D eigenvalue weighted by Crippen LogP contribution is 2.21. The van der Waals surface area contributed by atoms with Gasteiger partial charge in [-0.05, 0) is 12.1 Å². The molecule has 0 aliphatic heterocycles. The van der Waals surface area contributed by atoms with Crippen molar-refractivity contribution in [3.63, 3.8) is 0 Å². The topological polar surface area (TPSA) is 95.5 Å². The van der Waals surface area contributed by atoms with E-state index in [-0.39, 0.29) is 24.6 Å². The summed E-state index contributed by atoms with van der Waals surface area (Å²) in [5.74, 6) is 0. The summed E-state index contributed by atoms with van der Waals surface area (Å²) in [6.07, 6.45) is 0. The summed E-state index contributed by atoms with van der Waals surface area (Å²) in [7, 11) is -0.877. The molecule has 5 aromatic rings. The van der Waals surface area contributed by atoms with Crippen molar-refractivity contribution in [1.29, 1.82) is 0 Å². The summed E-state index contributed by atoms with van der Waals surface area (Å²) < 4.78 is 5.38. The Balaban J connectivity index is 0.000000186. The van der Waals surface area contributed by atoms with Crippen LogP contribution in [0.5, 0.6) is 0 Å². The average Bonchev–Trinajstić information content (AvgIpc) is 3.00. The molecule has 0 heterocycles. The van der Waals surface area contributed by atoms with Gasteiger partial charge in [-0.3, -0.25) is 20.2 Å². The highest BCUT2D eigenvalue weighted by atomic mass is 28.3. The van der Waals surface area contributed by atoms with Crippen LogP contribution in [0, 0.1) is 20.2 Å². The number of rotatable bonds is 9. The van der Waals surface area contributed by atoms with Crippen LogP contribution in [0.1, 0.15) is 11.1 Å². The van der Waals surface area contributed by atoms with E-state index in [1.807, 2.05) is 0 Å². The smallest absolute Gasteiger partial charge is 0.274 e. The Labute approximate surface area is 234 Å². The first kappa shape index (κ1) is 28.1. The molecule has 40 heavy (non-hydrogen) atoms. The molecule has 1 radical (unpaired) electrons. The molecule has 199 valence electrons. The molecule has 0 amide bonds. The first-order chi connectivity index (χ1) is 19.5. The highest BCUT2D eigenvalue weighted by molar-refractivity contribution is 6.95. The van der Waals surface area contributed by atoms with Gasteiger partial charge in [0.15, 0.2) is 8.80 Å². The maximum atomic E-state index is 10.9. The van der Waals surface area contributed by atoms with Crippen molar-refractivity contribution >= 4 is 35.7 Å². The van der Waals surface area contributed by atoms with Crippen molar-refractivity contribution in [3.05, 3.63) is 171 Å². The minimum absolute atomic E-state index is 0.0171. The minimum atomic E-state index is -0.877. The molecule has 0 spiro atoms. The minimum Gasteiger partial charge on any atom is -0.372 e. The van der Waals surface area contributed by atoms with Crippen molar-refractivity contribution in [2.24, 2.45) is 0 Å². The molecular formula is C32H27N2O5Si. The lowest BCUT2D eigenvalue weighted by molar-refractivity contribution is -0.386. The first-order valence-electron chi connectivity index (χ1n) is 12.6. The fourth-order valence-corrected chi connectivity index (χ4v) is 6.78. The van der Waals surface area contributed by atoms with Gasteiger partial charge in [-0.15, -0.1) is 0 Å². The summed E-state index contributed by atoms with van der Waals surface area (Å²) in [6, 6.07) is 45.0. The normalized spacial score (nSPS) is 10.4. The third-order valence-corrected chi connectivity index (χ3v) is 8.81. The van der Waals surface area contributed by atoms with Crippen LogP contribution in [0.25, 0.3) is 0 Å². The zero-order chi connectivity index (χ0) is 28.2. The van der Waals surface area contributed by atoms with E-state index < -0.39 is 18.6 Å². The van der Waals surface area contributed by atoms with Crippen LogP contribution < -0.4 is 15.6 Å². The summed E-state index contributed by atoms with van der Waals surface area (Å²) in [5.41, 5.74) is 0.808. The van der Waals surface area contributed by atoms with Gasteiger partial charge in [0.05, 0.1) is 34.2 Å². The van der Waals surface area contributed by atoms with Crippen molar-refractivity contribution in [2.75, 3.05) is 0 Å². The number of benzene rings is 5. The molecular weight excluding hydrogens is 520 g/mol. The van der Waals surface area contributed by atoms with Crippen molar-refractivity contribution in [1.82, 2.24) is 0 Å². The number of hydrogen-bond acceptors (Lipinski definition) is 5. The molecule has 0 bridgehead atoms. The summed E-state index contributed by atoms with van der Waals surface area (Å²) in [5, 5.41) is 26.0. The Morgan fingerprint density at radius 2 is 0.775 bits per heavy atom. The molecule has 0 aliphatic carbocycles. The fraction of sp³-hybridized carbons (Fsp3) is 0.0625. The van der Waals surface area contributed by atoms with E-state index in [2.05, 4.69) is 91.0 Å². The van der Waals surface area contributed by atoms with Crippen molar-refractivity contribution in [2.45, 2.75) is 13.2 Å². The molecule has 0 fully saturated rings. The number of para-hydroxylation sites is 2. The molecule has 7 nitrogen and oxygen atoms in total. The van der Waals surface area contributed by atoms with E-state index in [1.54, 1.807) is 36.4 Å². The van der Waals surface area contributed by atoms with Crippen LogP contribution in [0.4, 0.5) is 11.4 Å². The molecule has 0 atom stereocenters. The maximum absolute atomic E-state index is 10.9. The number of nitro groups is 2. The lowest BCUT2D eigenvalue weighted by Gasteiger charge is -2.16. The van der Waals surface area contributed by atoms with Crippen LogP contribution in [-0.2, 0) is 18.0 Å². The zero-order valence-electron chi connectivity index (χ0n) is 21.6. The second-order valence-corrected chi connectivity index (χ2v) is 11.2. The van der Waals surface area contributed by atoms with Gasteiger partial charge in [0.25, 0.3) is 11.4 Å². The monoisotopic (exact) mass is 547 g/mol. The molecule has 5 aromatic carbocycles. The Bertz CT molecular complexity index is 1380. The summed E-state index contributed by atoms with van der Waals surface area (Å²) in [6.45, 7) is 0.0341. The largest absolute Gasteiger partial charge is 0.372 e. The van der Waals surface area contributed by atoms with Gasteiger partial charge in [-0.2, -0.15) is 0 Å². The Morgan fingerprint density at radius 3 is 1.10 bits per heavy atom. The van der Waals surface area contributed by atoms with Crippen molar-refractivity contribution < 1.29 is 14.6 Å². The predicted molar refractivity (Wildman–Crippen MR) is 159 cm³/mol. The number of nitrogens with zero attached hydrogens (tertiary/aromatic N) is 2. The molecule has 5 rings (SSSR count). The van der Waals surface area contributed by atoms with E-state index in [0.717, 1.165) is 0 Å². The van der Waals surface area contributed by atoms with Gasteiger partial charge in [0.2, 0.25) is 0 Å². The van der Waals surface area contributed by atoms with Crippen LogP contribution in [0.3, 0.4) is 0 Å². The Hall–Kier alpha value is -4.92. The van der Waals surface area contributed by atoms with Gasteiger partial charge in [0.1, 0.15) is 0 Å².